The highest BCUT2D eigenvalue weighted by molar-refractivity contribution is 6.03. The number of aldehydes is 1. The van der Waals surface area contributed by atoms with Gasteiger partial charge >= 0.3 is 0 Å². The molecule has 0 unspecified atom stereocenters. The third-order valence-electron chi connectivity index (χ3n) is 5.21. The number of fused-ring (bicyclic) bond motifs is 1. The van der Waals surface area contributed by atoms with Crippen molar-refractivity contribution in [3.05, 3.63) is 36.0 Å². The summed E-state index contributed by atoms with van der Waals surface area (Å²) in [5.41, 5.74) is 12.5. The number of para-hydroxylation sites is 1. The summed E-state index contributed by atoms with van der Waals surface area (Å²) in [6.07, 6.45) is 2.70. The Bertz CT molecular complexity index is 897. The van der Waals surface area contributed by atoms with E-state index in [-0.39, 0.29) is 36.7 Å². The fourth-order valence-corrected chi connectivity index (χ4v) is 3.69. The van der Waals surface area contributed by atoms with Crippen molar-refractivity contribution in [3.8, 4) is 0 Å². The first-order valence-corrected chi connectivity index (χ1v) is 9.67. The van der Waals surface area contributed by atoms with Gasteiger partial charge in [0.05, 0.1) is 6.04 Å². The molecule has 2 aromatic rings. The number of benzene rings is 1. The van der Waals surface area contributed by atoms with Crippen molar-refractivity contribution in [2.24, 2.45) is 11.5 Å². The lowest BCUT2D eigenvalue weighted by atomic mass is 10.1. The number of hydrogen-bond acceptors (Lipinski definition) is 5. The van der Waals surface area contributed by atoms with Crippen LogP contribution < -0.4 is 11.5 Å². The van der Waals surface area contributed by atoms with Gasteiger partial charge in [0.1, 0.15) is 18.0 Å². The molecule has 0 bridgehead atoms. The van der Waals surface area contributed by atoms with E-state index < -0.39 is 12.1 Å². The molecule has 6 N–H and O–H groups in total. The summed E-state index contributed by atoms with van der Waals surface area (Å²) >= 11 is 0. The average molecular weight is 435 g/mol. The van der Waals surface area contributed by atoms with Gasteiger partial charge in [-0.3, -0.25) is 19.9 Å². The Labute approximate surface area is 180 Å². The van der Waals surface area contributed by atoms with Crippen LogP contribution in [0.2, 0.25) is 0 Å². The summed E-state index contributed by atoms with van der Waals surface area (Å²) in [6, 6.07) is 8.09. The van der Waals surface area contributed by atoms with E-state index in [1.54, 1.807) is 11.0 Å². The van der Waals surface area contributed by atoms with Crippen LogP contribution in [0.4, 0.5) is 0 Å². The summed E-state index contributed by atoms with van der Waals surface area (Å²) in [7, 11) is 0. The molecule has 30 heavy (non-hydrogen) atoms. The minimum absolute atomic E-state index is 0. The third kappa shape index (κ3) is 4.98. The number of aromatic amines is 1. The van der Waals surface area contributed by atoms with Crippen LogP contribution in [0, 0.1) is 5.41 Å². The van der Waals surface area contributed by atoms with Crippen LogP contribution in [0.1, 0.15) is 36.2 Å². The topological polar surface area (TPSA) is 149 Å². The van der Waals surface area contributed by atoms with Crippen LogP contribution in [0.5, 0.6) is 0 Å². The van der Waals surface area contributed by atoms with Gasteiger partial charge in [-0.1, -0.05) is 18.2 Å². The summed E-state index contributed by atoms with van der Waals surface area (Å²) in [4.78, 5) is 42.6. The number of likely N-dealkylation sites (tertiary alicyclic amines) is 1. The molecule has 0 radical (unpaired) electrons. The molecule has 1 aromatic heterocycles. The molecule has 1 aromatic carbocycles. The molecular weight excluding hydrogens is 408 g/mol. The van der Waals surface area contributed by atoms with E-state index in [2.05, 4.69) is 4.98 Å². The van der Waals surface area contributed by atoms with Gasteiger partial charge in [0.25, 0.3) is 11.8 Å². The second-order valence-corrected chi connectivity index (χ2v) is 7.24. The molecule has 2 atom stereocenters. The molecule has 1 saturated heterocycles. The number of halogens is 1. The number of rotatable bonds is 7. The third-order valence-corrected chi connectivity index (χ3v) is 5.21. The van der Waals surface area contributed by atoms with E-state index in [9.17, 15) is 14.4 Å². The number of carbonyl (C=O) groups excluding carboxylic acids is 3. The number of nitrogens with two attached hydrogens (primary N) is 2. The predicted molar refractivity (Wildman–Crippen MR) is 117 cm³/mol. The average Bonchev–Trinajstić information content (AvgIpc) is 3.36. The lowest BCUT2D eigenvalue weighted by molar-refractivity contribution is -0.131. The van der Waals surface area contributed by atoms with Crippen LogP contribution in [-0.2, 0) is 9.59 Å². The highest BCUT2D eigenvalue weighted by Gasteiger charge is 2.38. The minimum Gasteiger partial charge on any atom is -0.370 e. The predicted octanol–water partition coefficient (Wildman–Crippen LogP) is 1.22. The fourth-order valence-electron chi connectivity index (χ4n) is 3.69. The van der Waals surface area contributed by atoms with E-state index in [0.29, 0.717) is 44.2 Å². The second-order valence-electron chi connectivity index (χ2n) is 7.24. The van der Waals surface area contributed by atoms with Crippen molar-refractivity contribution in [2.45, 2.75) is 37.8 Å². The summed E-state index contributed by atoms with van der Waals surface area (Å²) in [5, 5.41) is 8.69. The van der Waals surface area contributed by atoms with E-state index in [4.69, 9.17) is 16.9 Å². The molecule has 10 heteroatoms. The van der Waals surface area contributed by atoms with Gasteiger partial charge < -0.3 is 26.1 Å². The highest BCUT2D eigenvalue weighted by Crippen LogP contribution is 2.24. The van der Waals surface area contributed by atoms with Gasteiger partial charge in [-0.2, -0.15) is 0 Å². The standard InChI is InChI=1S/C20H26N6O3.ClH/c21-14(12-27)6-3-10-26(20(22)23)19(29)17-8-4-9-25(17)18(28)16-11-13-5-1-2-7-15(13)24-16;/h1-2,5,7,11-12,14,17,24H,3-4,6,8-10,21H2,(H3,22,23);1H/t14-,17-;/m0./s1. The quantitative estimate of drug-likeness (QED) is 0.293. The smallest absolute Gasteiger partial charge is 0.270 e. The zero-order valence-corrected chi connectivity index (χ0v) is 17.4. The lowest BCUT2D eigenvalue weighted by Gasteiger charge is -2.29. The molecule has 2 amide bonds. The molecule has 2 heterocycles. The zero-order valence-electron chi connectivity index (χ0n) is 16.5. The van der Waals surface area contributed by atoms with Gasteiger partial charge in [-0.25, -0.2) is 0 Å². The number of nitrogens with one attached hydrogen (secondary N) is 2. The van der Waals surface area contributed by atoms with Crippen molar-refractivity contribution < 1.29 is 14.4 Å². The second kappa shape index (κ2) is 10.2. The number of amides is 2. The summed E-state index contributed by atoms with van der Waals surface area (Å²) in [5.74, 6) is -0.998. The Balaban J connectivity index is 0.00000320. The number of hydrogen-bond donors (Lipinski definition) is 4. The SMILES string of the molecule is Cl.N=C(N)N(CCC[C@H](N)C=O)C(=O)[C@@H]1CCCN1C(=O)c1cc2ccccc2[nH]1. The van der Waals surface area contributed by atoms with Crippen molar-refractivity contribution in [1.29, 1.82) is 5.41 Å². The first kappa shape index (κ1) is 23.4. The van der Waals surface area contributed by atoms with Crippen molar-refractivity contribution in [1.82, 2.24) is 14.8 Å². The maximum Gasteiger partial charge on any atom is 0.270 e. The molecule has 0 saturated carbocycles. The van der Waals surface area contributed by atoms with E-state index in [1.807, 2.05) is 24.3 Å². The first-order chi connectivity index (χ1) is 13.9. The van der Waals surface area contributed by atoms with E-state index in [1.165, 1.54) is 4.90 Å². The molecule has 162 valence electrons. The number of guanidine groups is 1. The van der Waals surface area contributed by atoms with Crippen molar-refractivity contribution in [3.63, 3.8) is 0 Å². The molecule has 3 rings (SSSR count). The summed E-state index contributed by atoms with van der Waals surface area (Å²) in [6.45, 7) is 0.646. The maximum absolute atomic E-state index is 13.1. The number of nitrogens with zero attached hydrogens (tertiary/aromatic N) is 2. The number of H-pyrrole nitrogens is 1. The van der Waals surface area contributed by atoms with E-state index in [0.717, 1.165) is 10.9 Å². The van der Waals surface area contributed by atoms with Gasteiger partial charge in [-0.15, -0.1) is 12.4 Å². The fraction of sp³-hybridized carbons (Fsp3) is 0.400. The van der Waals surface area contributed by atoms with Crippen LogP contribution in [-0.4, -0.2) is 64.0 Å². The number of carbonyl (C=O) groups is 3. The highest BCUT2D eigenvalue weighted by atomic mass is 35.5. The maximum atomic E-state index is 13.1. The normalized spacial score (nSPS) is 16.7. The Hall–Kier alpha value is -2.91. The van der Waals surface area contributed by atoms with Crippen LogP contribution in [0.3, 0.4) is 0 Å². The first-order valence-electron chi connectivity index (χ1n) is 9.67. The zero-order chi connectivity index (χ0) is 21.0. The Morgan fingerprint density at radius 2 is 2.10 bits per heavy atom. The molecule has 9 nitrogen and oxygen atoms in total. The van der Waals surface area contributed by atoms with Gasteiger partial charge in [-0.05, 0) is 37.8 Å². The van der Waals surface area contributed by atoms with Gasteiger partial charge in [0.15, 0.2) is 5.96 Å². The van der Waals surface area contributed by atoms with Crippen molar-refractivity contribution in [2.75, 3.05) is 13.1 Å². The van der Waals surface area contributed by atoms with Crippen LogP contribution in [0.15, 0.2) is 30.3 Å². The lowest BCUT2D eigenvalue weighted by Crippen LogP contribution is -2.52. The molecule has 1 aliphatic heterocycles. The van der Waals surface area contributed by atoms with Crippen LogP contribution in [0.25, 0.3) is 10.9 Å². The van der Waals surface area contributed by atoms with Gasteiger partial charge in [0.2, 0.25) is 0 Å². The monoisotopic (exact) mass is 434 g/mol. The van der Waals surface area contributed by atoms with Crippen molar-refractivity contribution >= 4 is 47.4 Å². The number of aromatic nitrogens is 1. The summed E-state index contributed by atoms with van der Waals surface area (Å²) < 4.78 is 0. The van der Waals surface area contributed by atoms with Crippen LogP contribution >= 0.6 is 12.4 Å². The molecule has 1 fully saturated rings. The Morgan fingerprint density at radius 1 is 1.37 bits per heavy atom. The minimum atomic E-state index is -0.669. The van der Waals surface area contributed by atoms with E-state index >= 15 is 0 Å². The Kier molecular flexibility index (Phi) is 7.96. The molecule has 0 aliphatic carbocycles. The molecule has 1 aliphatic rings. The molecular formula is C20H27ClN6O3. The largest absolute Gasteiger partial charge is 0.370 e. The Morgan fingerprint density at radius 3 is 2.77 bits per heavy atom. The van der Waals surface area contributed by atoms with Gasteiger partial charge in [0, 0.05) is 24.0 Å². The molecule has 0 spiro atoms.